The molecule has 1 amide bonds. The molecule has 146 valence electrons. The van der Waals surface area contributed by atoms with Gasteiger partial charge in [0.15, 0.2) is 5.16 Å². The van der Waals surface area contributed by atoms with Gasteiger partial charge in [0.05, 0.1) is 22.3 Å². The molecule has 0 bridgehead atoms. The predicted octanol–water partition coefficient (Wildman–Crippen LogP) is 3.48. The Labute approximate surface area is 167 Å². The average molecular weight is 398 g/mol. The highest BCUT2D eigenvalue weighted by atomic mass is 32.2. The number of amides is 1. The SMILES string of the molecule is C=CCn1c(S[C@H](C)C(=O)Nc2ccnn2C(C)C)nc2ccccc2c1=O. The Bertz CT molecular complexity index is 1070. The maximum Gasteiger partial charge on any atom is 0.262 e. The van der Waals surface area contributed by atoms with Crippen molar-refractivity contribution < 1.29 is 4.79 Å². The quantitative estimate of drug-likeness (QED) is 0.375. The molecule has 0 aliphatic carbocycles. The molecule has 1 atom stereocenters. The summed E-state index contributed by atoms with van der Waals surface area (Å²) in [4.78, 5) is 30.1. The van der Waals surface area contributed by atoms with Crippen molar-refractivity contribution in [1.29, 1.82) is 0 Å². The zero-order valence-corrected chi connectivity index (χ0v) is 16.9. The highest BCUT2D eigenvalue weighted by Crippen LogP contribution is 2.24. The van der Waals surface area contributed by atoms with Crippen molar-refractivity contribution in [3.63, 3.8) is 0 Å². The molecule has 8 heteroatoms. The third-order valence-electron chi connectivity index (χ3n) is 4.20. The van der Waals surface area contributed by atoms with Crippen molar-refractivity contribution in [1.82, 2.24) is 19.3 Å². The van der Waals surface area contributed by atoms with E-state index in [-0.39, 0.29) is 17.5 Å². The van der Waals surface area contributed by atoms with Gasteiger partial charge in [-0.05, 0) is 32.9 Å². The normalized spacial score (nSPS) is 12.3. The van der Waals surface area contributed by atoms with Crippen molar-refractivity contribution in [2.45, 2.75) is 43.8 Å². The van der Waals surface area contributed by atoms with Gasteiger partial charge in [0.2, 0.25) is 5.91 Å². The van der Waals surface area contributed by atoms with Crippen LogP contribution in [0.3, 0.4) is 0 Å². The summed E-state index contributed by atoms with van der Waals surface area (Å²) in [5.41, 5.74) is 0.472. The first kappa shape index (κ1) is 19.9. The molecular weight excluding hydrogens is 374 g/mol. The Morgan fingerprint density at radius 3 is 2.75 bits per heavy atom. The van der Waals surface area contributed by atoms with E-state index in [2.05, 4.69) is 22.0 Å². The van der Waals surface area contributed by atoms with E-state index in [1.807, 2.05) is 26.0 Å². The zero-order chi connectivity index (χ0) is 20.3. The largest absolute Gasteiger partial charge is 0.310 e. The smallest absolute Gasteiger partial charge is 0.262 e. The van der Waals surface area contributed by atoms with Crippen LogP contribution >= 0.6 is 11.8 Å². The Morgan fingerprint density at radius 1 is 1.29 bits per heavy atom. The zero-order valence-electron chi connectivity index (χ0n) is 16.1. The van der Waals surface area contributed by atoms with Crippen LogP contribution in [-0.2, 0) is 11.3 Å². The lowest BCUT2D eigenvalue weighted by molar-refractivity contribution is -0.115. The van der Waals surface area contributed by atoms with Crippen LogP contribution in [0.4, 0.5) is 5.82 Å². The number of para-hydroxylation sites is 1. The highest BCUT2D eigenvalue weighted by molar-refractivity contribution is 8.00. The molecule has 3 aromatic rings. The van der Waals surface area contributed by atoms with E-state index in [9.17, 15) is 9.59 Å². The molecule has 1 aromatic carbocycles. The fraction of sp³-hybridized carbons (Fsp3) is 0.300. The molecule has 0 saturated carbocycles. The summed E-state index contributed by atoms with van der Waals surface area (Å²) in [6.45, 7) is 9.82. The summed E-state index contributed by atoms with van der Waals surface area (Å²) in [6, 6.07) is 9.09. The number of anilines is 1. The highest BCUT2D eigenvalue weighted by Gasteiger charge is 2.20. The van der Waals surface area contributed by atoms with E-state index in [1.54, 1.807) is 46.6 Å². The molecule has 0 aliphatic heterocycles. The number of allylic oxidation sites excluding steroid dienone is 1. The fourth-order valence-corrected chi connectivity index (χ4v) is 3.71. The number of nitrogens with one attached hydrogen (secondary N) is 1. The van der Waals surface area contributed by atoms with Crippen LogP contribution in [0.2, 0.25) is 0 Å². The van der Waals surface area contributed by atoms with E-state index in [0.717, 1.165) is 0 Å². The number of fused-ring (bicyclic) bond motifs is 1. The van der Waals surface area contributed by atoms with Gasteiger partial charge in [-0.3, -0.25) is 14.2 Å². The Kier molecular flexibility index (Phi) is 5.99. The second-order valence-corrected chi connectivity index (χ2v) is 7.93. The number of carbonyl (C=O) groups is 1. The van der Waals surface area contributed by atoms with Gasteiger partial charge < -0.3 is 5.32 Å². The van der Waals surface area contributed by atoms with Gasteiger partial charge in [-0.2, -0.15) is 5.10 Å². The van der Waals surface area contributed by atoms with Crippen molar-refractivity contribution in [2.75, 3.05) is 5.32 Å². The van der Waals surface area contributed by atoms with Crippen LogP contribution in [0.5, 0.6) is 0 Å². The lowest BCUT2D eigenvalue weighted by Crippen LogP contribution is -2.27. The maximum atomic E-state index is 12.8. The van der Waals surface area contributed by atoms with E-state index < -0.39 is 5.25 Å². The van der Waals surface area contributed by atoms with Crippen molar-refractivity contribution >= 4 is 34.4 Å². The second-order valence-electron chi connectivity index (χ2n) is 6.62. The minimum absolute atomic E-state index is 0.133. The first-order valence-electron chi connectivity index (χ1n) is 9.04. The number of nitrogens with zero attached hydrogens (tertiary/aromatic N) is 4. The molecule has 7 nitrogen and oxygen atoms in total. The number of hydrogen-bond donors (Lipinski definition) is 1. The molecule has 0 saturated heterocycles. The number of hydrogen-bond acceptors (Lipinski definition) is 5. The number of benzene rings is 1. The molecule has 3 rings (SSSR count). The minimum Gasteiger partial charge on any atom is -0.310 e. The Balaban J connectivity index is 1.87. The molecule has 1 N–H and O–H groups in total. The monoisotopic (exact) mass is 397 g/mol. The van der Waals surface area contributed by atoms with Crippen molar-refractivity contribution in [3.8, 4) is 0 Å². The van der Waals surface area contributed by atoms with E-state index in [4.69, 9.17) is 0 Å². The third kappa shape index (κ3) is 4.01. The Hall–Kier alpha value is -2.87. The number of rotatable bonds is 7. The van der Waals surface area contributed by atoms with Crippen LogP contribution in [0, 0.1) is 0 Å². The molecule has 0 fully saturated rings. The van der Waals surface area contributed by atoms with Gasteiger partial charge in [-0.1, -0.05) is 30.0 Å². The lowest BCUT2D eigenvalue weighted by Gasteiger charge is -2.16. The maximum absolute atomic E-state index is 12.8. The molecule has 0 unspecified atom stereocenters. The molecule has 2 aromatic heterocycles. The van der Waals surface area contributed by atoms with Crippen LogP contribution in [-0.4, -0.2) is 30.5 Å². The number of carbonyl (C=O) groups excluding carboxylic acids is 1. The van der Waals surface area contributed by atoms with Crippen molar-refractivity contribution in [3.05, 3.63) is 59.5 Å². The standard InChI is InChI=1S/C20H23N5O2S/c1-5-12-24-19(27)15-8-6-7-9-16(15)22-20(24)28-14(4)18(26)23-17-10-11-21-25(17)13(2)3/h5-11,13-14H,1,12H2,2-4H3,(H,23,26)/t14-/m1/s1. The summed E-state index contributed by atoms with van der Waals surface area (Å²) in [6.07, 6.45) is 3.30. The van der Waals surface area contributed by atoms with Crippen LogP contribution < -0.4 is 10.9 Å². The summed E-state index contributed by atoms with van der Waals surface area (Å²) in [5, 5.41) is 7.70. The molecule has 2 heterocycles. The van der Waals surface area contributed by atoms with Gasteiger partial charge in [0.1, 0.15) is 5.82 Å². The van der Waals surface area contributed by atoms with E-state index in [0.29, 0.717) is 28.4 Å². The fourth-order valence-electron chi connectivity index (χ4n) is 2.79. The summed E-state index contributed by atoms with van der Waals surface area (Å²) < 4.78 is 3.29. The van der Waals surface area contributed by atoms with Gasteiger partial charge in [-0.25, -0.2) is 9.67 Å². The molecule has 0 radical (unpaired) electrons. The number of thioether (sulfide) groups is 1. The van der Waals surface area contributed by atoms with Crippen LogP contribution in [0.15, 0.2) is 59.1 Å². The first-order chi connectivity index (χ1) is 13.4. The van der Waals surface area contributed by atoms with Crippen LogP contribution in [0.1, 0.15) is 26.8 Å². The van der Waals surface area contributed by atoms with E-state index >= 15 is 0 Å². The summed E-state index contributed by atoms with van der Waals surface area (Å²) in [5.74, 6) is 0.461. The van der Waals surface area contributed by atoms with Gasteiger partial charge in [0.25, 0.3) is 5.56 Å². The molecule has 28 heavy (non-hydrogen) atoms. The van der Waals surface area contributed by atoms with Gasteiger partial charge in [-0.15, -0.1) is 6.58 Å². The molecule has 0 aliphatic rings. The summed E-state index contributed by atoms with van der Waals surface area (Å²) in [7, 11) is 0. The third-order valence-corrected chi connectivity index (χ3v) is 5.29. The van der Waals surface area contributed by atoms with Gasteiger partial charge in [0, 0.05) is 18.7 Å². The van der Waals surface area contributed by atoms with Crippen molar-refractivity contribution in [2.24, 2.45) is 0 Å². The second kappa shape index (κ2) is 8.43. The summed E-state index contributed by atoms with van der Waals surface area (Å²) >= 11 is 1.25. The van der Waals surface area contributed by atoms with E-state index in [1.165, 1.54) is 11.8 Å². The lowest BCUT2D eigenvalue weighted by atomic mass is 10.2. The topological polar surface area (TPSA) is 81.8 Å². The minimum atomic E-state index is -0.459. The predicted molar refractivity (Wildman–Crippen MR) is 113 cm³/mol. The average Bonchev–Trinajstić information content (AvgIpc) is 3.13. The molecule has 0 spiro atoms. The van der Waals surface area contributed by atoms with Gasteiger partial charge >= 0.3 is 0 Å². The first-order valence-corrected chi connectivity index (χ1v) is 9.91. The Morgan fingerprint density at radius 2 is 2.04 bits per heavy atom. The van der Waals surface area contributed by atoms with Crippen LogP contribution in [0.25, 0.3) is 10.9 Å². The number of aromatic nitrogens is 4. The molecular formula is C20H23N5O2S.